The molecule has 0 spiro atoms. The van der Waals surface area contributed by atoms with Crippen molar-refractivity contribution in [2.45, 2.75) is 13.3 Å². The molecule has 17 heavy (non-hydrogen) atoms. The maximum Gasteiger partial charge on any atom is 0.221 e. The highest BCUT2D eigenvalue weighted by atomic mass is 16.1. The van der Waals surface area contributed by atoms with Crippen LogP contribution in [0.5, 0.6) is 0 Å². The second-order valence-corrected chi connectivity index (χ2v) is 3.96. The van der Waals surface area contributed by atoms with Gasteiger partial charge in [-0.15, -0.1) is 0 Å². The Labute approximate surface area is 102 Å². The van der Waals surface area contributed by atoms with Crippen molar-refractivity contribution < 1.29 is 4.79 Å². The van der Waals surface area contributed by atoms with E-state index in [9.17, 15) is 4.79 Å². The van der Waals surface area contributed by atoms with E-state index in [2.05, 4.69) is 11.4 Å². The van der Waals surface area contributed by atoms with Crippen LogP contribution >= 0.6 is 0 Å². The largest absolute Gasteiger partial charge is 0.374 e. The number of aryl methyl sites for hydroxylation is 1. The van der Waals surface area contributed by atoms with E-state index in [0.29, 0.717) is 18.5 Å². The van der Waals surface area contributed by atoms with Gasteiger partial charge in [0, 0.05) is 32.7 Å². The number of carbonyl (C=O) groups is 1. The van der Waals surface area contributed by atoms with Crippen molar-refractivity contribution in [3.63, 3.8) is 0 Å². The standard InChI is InChI=1S/C13H17N3O/c1-10-8-12(5-4-11(10)9-14)16(3)7-6-13(17)15-2/h4-5,8H,6-7H2,1-3H3,(H,15,17). The van der Waals surface area contributed by atoms with Crippen LogP contribution < -0.4 is 10.2 Å². The molecule has 0 fully saturated rings. The number of amides is 1. The minimum atomic E-state index is 0.0298. The van der Waals surface area contributed by atoms with Crippen LogP contribution in [0, 0.1) is 18.3 Å². The molecule has 0 aliphatic heterocycles. The molecule has 0 saturated heterocycles. The van der Waals surface area contributed by atoms with Crippen LogP contribution in [0.3, 0.4) is 0 Å². The summed E-state index contributed by atoms with van der Waals surface area (Å²) in [5.41, 5.74) is 2.66. The summed E-state index contributed by atoms with van der Waals surface area (Å²) in [7, 11) is 3.57. The highest BCUT2D eigenvalue weighted by Crippen LogP contribution is 2.17. The first-order valence-electron chi connectivity index (χ1n) is 5.51. The highest BCUT2D eigenvalue weighted by Gasteiger charge is 2.05. The molecule has 0 saturated carbocycles. The van der Waals surface area contributed by atoms with Crippen molar-refractivity contribution >= 4 is 11.6 Å². The maximum atomic E-state index is 11.1. The highest BCUT2D eigenvalue weighted by molar-refractivity contribution is 5.76. The number of rotatable bonds is 4. The van der Waals surface area contributed by atoms with Crippen LogP contribution in [-0.4, -0.2) is 26.5 Å². The van der Waals surface area contributed by atoms with Gasteiger partial charge in [-0.2, -0.15) is 5.26 Å². The van der Waals surface area contributed by atoms with E-state index in [1.807, 2.05) is 31.0 Å². The third-order valence-corrected chi connectivity index (χ3v) is 2.72. The number of hydrogen-bond donors (Lipinski definition) is 1. The van der Waals surface area contributed by atoms with Crippen molar-refractivity contribution in [3.05, 3.63) is 29.3 Å². The van der Waals surface area contributed by atoms with Gasteiger partial charge in [-0.3, -0.25) is 4.79 Å². The molecular formula is C13H17N3O. The van der Waals surface area contributed by atoms with Crippen molar-refractivity contribution in [2.24, 2.45) is 0 Å². The summed E-state index contributed by atoms with van der Waals surface area (Å²) in [4.78, 5) is 13.1. The second-order valence-electron chi connectivity index (χ2n) is 3.96. The molecule has 1 aromatic rings. The zero-order valence-electron chi connectivity index (χ0n) is 10.4. The topological polar surface area (TPSA) is 56.1 Å². The van der Waals surface area contributed by atoms with Gasteiger partial charge >= 0.3 is 0 Å². The lowest BCUT2D eigenvalue weighted by Gasteiger charge is -2.19. The lowest BCUT2D eigenvalue weighted by atomic mass is 10.1. The van der Waals surface area contributed by atoms with E-state index in [1.165, 1.54) is 0 Å². The second kappa shape index (κ2) is 5.90. The average Bonchev–Trinajstić information content (AvgIpc) is 2.35. The minimum absolute atomic E-state index is 0.0298. The van der Waals surface area contributed by atoms with E-state index in [1.54, 1.807) is 13.1 Å². The molecule has 0 aromatic heterocycles. The molecule has 1 N–H and O–H groups in total. The van der Waals surface area contributed by atoms with Gasteiger partial charge in [-0.05, 0) is 30.7 Å². The summed E-state index contributed by atoms with van der Waals surface area (Å²) < 4.78 is 0. The van der Waals surface area contributed by atoms with Gasteiger partial charge in [-0.25, -0.2) is 0 Å². The first kappa shape index (κ1) is 13.0. The number of nitrogens with one attached hydrogen (secondary N) is 1. The summed E-state index contributed by atoms with van der Waals surface area (Å²) in [5.74, 6) is 0.0298. The third kappa shape index (κ3) is 3.49. The fourth-order valence-electron chi connectivity index (χ4n) is 1.53. The predicted molar refractivity (Wildman–Crippen MR) is 67.8 cm³/mol. The predicted octanol–water partition coefficient (Wildman–Crippen LogP) is 1.44. The van der Waals surface area contributed by atoms with Gasteiger partial charge in [0.25, 0.3) is 0 Å². The first-order chi connectivity index (χ1) is 8.08. The van der Waals surface area contributed by atoms with E-state index in [4.69, 9.17) is 5.26 Å². The molecule has 0 aliphatic carbocycles. The van der Waals surface area contributed by atoms with Gasteiger partial charge in [0.1, 0.15) is 0 Å². The number of nitriles is 1. The Hall–Kier alpha value is -2.02. The SMILES string of the molecule is CNC(=O)CCN(C)c1ccc(C#N)c(C)c1. The number of benzene rings is 1. The van der Waals surface area contributed by atoms with Gasteiger partial charge in [0.15, 0.2) is 0 Å². The minimum Gasteiger partial charge on any atom is -0.374 e. The van der Waals surface area contributed by atoms with Crippen molar-refractivity contribution in [1.29, 1.82) is 5.26 Å². The summed E-state index contributed by atoms with van der Waals surface area (Å²) in [6.45, 7) is 2.57. The Morgan fingerprint density at radius 3 is 2.76 bits per heavy atom. The Morgan fingerprint density at radius 2 is 2.24 bits per heavy atom. The van der Waals surface area contributed by atoms with Gasteiger partial charge in [0.05, 0.1) is 11.6 Å². The molecule has 0 bridgehead atoms. The Bertz CT molecular complexity index is 448. The van der Waals surface area contributed by atoms with E-state index in [-0.39, 0.29) is 5.91 Å². The molecule has 1 aromatic carbocycles. The molecule has 4 nitrogen and oxygen atoms in total. The Morgan fingerprint density at radius 1 is 1.53 bits per heavy atom. The molecule has 90 valence electrons. The molecular weight excluding hydrogens is 214 g/mol. The lowest BCUT2D eigenvalue weighted by Crippen LogP contribution is -2.26. The maximum absolute atomic E-state index is 11.1. The van der Waals surface area contributed by atoms with Crippen molar-refractivity contribution in [2.75, 3.05) is 25.5 Å². The van der Waals surface area contributed by atoms with E-state index < -0.39 is 0 Å². The summed E-state index contributed by atoms with van der Waals surface area (Å²) in [5, 5.41) is 11.4. The molecule has 0 radical (unpaired) electrons. The van der Waals surface area contributed by atoms with Crippen LogP contribution in [0.1, 0.15) is 17.5 Å². The van der Waals surface area contributed by atoms with Crippen LogP contribution in [0.4, 0.5) is 5.69 Å². The molecule has 0 heterocycles. The number of carbonyl (C=O) groups excluding carboxylic acids is 1. The van der Waals surface area contributed by atoms with E-state index >= 15 is 0 Å². The summed E-state index contributed by atoms with van der Waals surface area (Å²) in [6.07, 6.45) is 0.464. The Balaban J connectivity index is 2.70. The van der Waals surface area contributed by atoms with Crippen LogP contribution in [0.15, 0.2) is 18.2 Å². The summed E-state index contributed by atoms with van der Waals surface area (Å²) in [6, 6.07) is 7.80. The fraction of sp³-hybridized carbons (Fsp3) is 0.385. The van der Waals surface area contributed by atoms with Crippen LogP contribution in [-0.2, 0) is 4.79 Å². The number of anilines is 1. The third-order valence-electron chi connectivity index (χ3n) is 2.72. The molecule has 0 unspecified atom stereocenters. The molecule has 1 amide bonds. The smallest absolute Gasteiger partial charge is 0.221 e. The molecule has 4 heteroatoms. The van der Waals surface area contributed by atoms with Gasteiger partial charge in [-0.1, -0.05) is 0 Å². The van der Waals surface area contributed by atoms with Crippen molar-refractivity contribution in [1.82, 2.24) is 5.32 Å². The summed E-state index contributed by atoms with van der Waals surface area (Å²) >= 11 is 0. The van der Waals surface area contributed by atoms with Crippen LogP contribution in [0.25, 0.3) is 0 Å². The van der Waals surface area contributed by atoms with Gasteiger partial charge in [0.2, 0.25) is 5.91 Å². The molecule has 1 rings (SSSR count). The van der Waals surface area contributed by atoms with Crippen molar-refractivity contribution in [3.8, 4) is 6.07 Å². The molecule has 0 atom stereocenters. The number of hydrogen-bond acceptors (Lipinski definition) is 3. The molecule has 0 aliphatic rings. The Kier molecular flexibility index (Phi) is 4.53. The normalized spacial score (nSPS) is 9.53. The van der Waals surface area contributed by atoms with Crippen LogP contribution in [0.2, 0.25) is 0 Å². The number of nitrogens with zero attached hydrogens (tertiary/aromatic N) is 2. The van der Waals surface area contributed by atoms with Gasteiger partial charge < -0.3 is 10.2 Å². The first-order valence-corrected chi connectivity index (χ1v) is 5.51. The fourth-order valence-corrected chi connectivity index (χ4v) is 1.53. The zero-order valence-corrected chi connectivity index (χ0v) is 10.4. The monoisotopic (exact) mass is 231 g/mol. The van der Waals surface area contributed by atoms with E-state index in [0.717, 1.165) is 11.3 Å². The average molecular weight is 231 g/mol. The quantitative estimate of drug-likeness (QED) is 0.853. The zero-order chi connectivity index (χ0) is 12.8. The lowest BCUT2D eigenvalue weighted by molar-refractivity contribution is -0.120.